The van der Waals surface area contributed by atoms with E-state index in [4.69, 9.17) is 11.5 Å². The van der Waals surface area contributed by atoms with Gasteiger partial charge in [0.1, 0.15) is 6.04 Å². The fourth-order valence-corrected chi connectivity index (χ4v) is 1.85. The monoisotopic (exact) mass is 307 g/mol. The lowest BCUT2D eigenvalue weighted by Crippen LogP contribution is -2.45. The standard InChI is InChI=1S/C14H21N5O3/c1-8(9(2)11(15)20)4-5-10(12(16)21)18-14(22)13-17-6-7-19(13)3/h6-7,10H,4-5H2,1-3H3,(H2,15,20)(H2,16,21)(H,18,22). The van der Waals surface area contributed by atoms with Gasteiger partial charge in [0.2, 0.25) is 11.8 Å². The van der Waals surface area contributed by atoms with Crippen LogP contribution in [-0.2, 0) is 16.6 Å². The molecule has 0 saturated carbocycles. The van der Waals surface area contributed by atoms with E-state index in [-0.39, 0.29) is 12.2 Å². The van der Waals surface area contributed by atoms with E-state index in [1.807, 2.05) is 0 Å². The number of hydrogen-bond acceptors (Lipinski definition) is 4. The first-order valence-electron chi connectivity index (χ1n) is 6.77. The highest BCUT2D eigenvalue weighted by molar-refractivity contribution is 5.94. The Bertz CT molecular complexity index is 618. The van der Waals surface area contributed by atoms with E-state index in [0.29, 0.717) is 12.0 Å². The normalized spacial score (nSPS) is 13.2. The van der Waals surface area contributed by atoms with Crippen LogP contribution in [0.1, 0.15) is 37.3 Å². The molecule has 22 heavy (non-hydrogen) atoms. The maximum absolute atomic E-state index is 12.0. The molecule has 1 rings (SSSR count). The fourth-order valence-electron chi connectivity index (χ4n) is 1.85. The first kappa shape index (κ1) is 17.4. The minimum Gasteiger partial charge on any atom is -0.368 e. The molecule has 0 radical (unpaired) electrons. The molecule has 1 aromatic rings. The minimum absolute atomic E-state index is 0.187. The van der Waals surface area contributed by atoms with Crippen LogP contribution in [0.2, 0.25) is 0 Å². The molecule has 1 unspecified atom stereocenters. The van der Waals surface area contributed by atoms with Gasteiger partial charge in [-0.05, 0) is 26.7 Å². The first-order valence-corrected chi connectivity index (χ1v) is 6.77. The highest BCUT2D eigenvalue weighted by Gasteiger charge is 2.21. The van der Waals surface area contributed by atoms with Crippen LogP contribution in [0.5, 0.6) is 0 Å². The third kappa shape index (κ3) is 4.44. The molecule has 0 saturated heterocycles. The van der Waals surface area contributed by atoms with Gasteiger partial charge in [0.15, 0.2) is 5.82 Å². The number of aryl methyl sites for hydroxylation is 1. The molecule has 0 aliphatic rings. The van der Waals surface area contributed by atoms with Crippen LogP contribution in [0, 0.1) is 0 Å². The van der Waals surface area contributed by atoms with E-state index in [2.05, 4.69) is 10.3 Å². The average molecular weight is 307 g/mol. The summed E-state index contributed by atoms with van der Waals surface area (Å²) in [5.41, 5.74) is 11.7. The van der Waals surface area contributed by atoms with Crippen LogP contribution in [0.4, 0.5) is 0 Å². The van der Waals surface area contributed by atoms with Gasteiger partial charge in [-0.2, -0.15) is 0 Å². The van der Waals surface area contributed by atoms with E-state index in [9.17, 15) is 14.4 Å². The Hall–Kier alpha value is -2.64. The number of nitrogens with one attached hydrogen (secondary N) is 1. The summed E-state index contributed by atoms with van der Waals surface area (Å²) in [6.45, 7) is 3.36. The molecule has 1 heterocycles. The van der Waals surface area contributed by atoms with Crippen molar-refractivity contribution in [2.75, 3.05) is 0 Å². The zero-order chi connectivity index (χ0) is 16.9. The van der Waals surface area contributed by atoms with Crippen LogP contribution in [-0.4, -0.2) is 33.3 Å². The molecule has 0 aliphatic heterocycles. The Morgan fingerprint density at radius 3 is 2.41 bits per heavy atom. The van der Waals surface area contributed by atoms with Gasteiger partial charge >= 0.3 is 0 Å². The van der Waals surface area contributed by atoms with Crippen molar-refractivity contribution in [3.05, 3.63) is 29.4 Å². The van der Waals surface area contributed by atoms with Gasteiger partial charge in [0.05, 0.1) is 0 Å². The molecule has 8 nitrogen and oxygen atoms in total. The van der Waals surface area contributed by atoms with E-state index in [0.717, 1.165) is 5.57 Å². The van der Waals surface area contributed by atoms with Crippen molar-refractivity contribution in [2.24, 2.45) is 18.5 Å². The summed E-state index contributed by atoms with van der Waals surface area (Å²) in [4.78, 5) is 38.5. The zero-order valence-electron chi connectivity index (χ0n) is 12.9. The highest BCUT2D eigenvalue weighted by atomic mass is 16.2. The zero-order valence-corrected chi connectivity index (χ0v) is 12.9. The molecule has 120 valence electrons. The lowest BCUT2D eigenvalue weighted by atomic mass is 10.0. The number of carbonyl (C=O) groups is 3. The number of rotatable bonds is 7. The topological polar surface area (TPSA) is 133 Å². The molecular formula is C14H21N5O3. The van der Waals surface area contributed by atoms with Crippen molar-refractivity contribution < 1.29 is 14.4 Å². The van der Waals surface area contributed by atoms with Crippen molar-refractivity contribution in [2.45, 2.75) is 32.7 Å². The van der Waals surface area contributed by atoms with Gasteiger partial charge in [-0.15, -0.1) is 0 Å². The number of imidazole rings is 1. The molecule has 0 spiro atoms. The Balaban J connectivity index is 2.74. The Morgan fingerprint density at radius 2 is 1.95 bits per heavy atom. The second-order valence-corrected chi connectivity index (χ2v) is 5.10. The summed E-state index contributed by atoms with van der Waals surface area (Å²) in [7, 11) is 1.67. The second-order valence-electron chi connectivity index (χ2n) is 5.10. The molecule has 0 aromatic carbocycles. The van der Waals surface area contributed by atoms with Gasteiger partial charge in [-0.1, -0.05) is 5.57 Å². The van der Waals surface area contributed by atoms with E-state index < -0.39 is 23.8 Å². The molecule has 0 aliphatic carbocycles. The largest absolute Gasteiger partial charge is 0.368 e. The van der Waals surface area contributed by atoms with Crippen molar-refractivity contribution in [3.8, 4) is 0 Å². The molecule has 0 bridgehead atoms. The number of amides is 3. The summed E-state index contributed by atoms with van der Waals surface area (Å²) in [5.74, 6) is -1.45. The highest BCUT2D eigenvalue weighted by Crippen LogP contribution is 2.12. The first-order chi connectivity index (χ1) is 10.2. The summed E-state index contributed by atoms with van der Waals surface area (Å²) >= 11 is 0. The molecular weight excluding hydrogens is 286 g/mol. The van der Waals surface area contributed by atoms with Crippen LogP contribution < -0.4 is 16.8 Å². The predicted octanol–water partition coefficient (Wildman–Crippen LogP) is -0.394. The Labute approximate surface area is 128 Å². The molecule has 1 atom stereocenters. The maximum atomic E-state index is 12.0. The molecule has 1 aromatic heterocycles. The predicted molar refractivity (Wildman–Crippen MR) is 80.5 cm³/mol. The van der Waals surface area contributed by atoms with E-state index in [1.165, 1.54) is 10.8 Å². The minimum atomic E-state index is -0.847. The Kier molecular flexibility index (Phi) is 5.85. The summed E-state index contributed by atoms with van der Waals surface area (Å²) < 4.78 is 1.54. The van der Waals surface area contributed by atoms with Crippen molar-refractivity contribution in [1.29, 1.82) is 0 Å². The summed E-state index contributed by atoms with van der Waals surface area (Å²) in [6.07, 6.45) is 3.81. The second kappa shape index (κ2) is 7.39. The van der Waals surface area contributed by atoms with Crippen LogP contribution in [0.25, 0.3) is 0 Å². The number of nitrogens with zero attached hydrogens (tertiary/aromatic N) is 2. The van der Waals surface area contributed by atoms with Gasteiger partial charge in [-0.25, -0.2) is 4.98 Å². The molecule has 0 fully saturated rings. The average Bonchev–Trinajstić information content (AvgIpc) is 2.87. The van der Waals surface area contributed by atoms with Crippen LogP contribution in [0.3, 0.4) is 0 Å². The lowest BCUT2D eigenvalue weighted by molar-refractivity contribution is -0.120. The van der Waals surface area contributed by atoms with Gasteiger partial charge in [-0.3, -0.25) is 14.4 Å². The quantitative estimate of drug-likeness (QED) is 0.591. The third-order valence-electron chi connectivity index (χ3n) is 3.49. The van der Waals surface area contributed by atoms with Crippen LogP contribution >= 0.6 is 0 Å². The van der Waals surface area contributed by atoms with Gasteiger partial charge < -0.3 is 21.4 Å². The number of hydrogen-bond donors (Lipinski definition) is 3. The van der Waals surface area contributed by atoms with Gasteiger partial charge in [0.25, 0.3) is 5.91 Å². The smallest absolute Gasteiger partial charge is 0.287 e. The van der Waals surface area contributed by atoms with Crippen molar-refractivity contribution >= 4 is 17.7 Å². The fraction of sp³-hybridized carbons (Fsp3) is 0.429. The van der Waals surface area contributed by atoms with E-state index in [1.54, 1.807) is 27.1 Å². The van der Waals surface area contributed by atoms with E-state index >= 15 is 0 Å². The Morgan fingerprint density at radius 1 is 1.32 bits per heavy atom. The SMILES string of the molecule is CC(CCC(NC(=O)c1nccn1C)C(N)=O)=C(C)C(N)=O. The molecule has 8 heteroatoms. The summed E-state index contributed by atoms with van der Waals surface area (Å²) in [5, 5.41) is 2.55. The number of nitrogens with two attached hydrogens (primary N) is 2. The number of allylic oxidation sites excluding steroid dienone is 1. The summed E-state index contributed by atoms with van der Waals surface area (Å²) in [6, 6.07) is -0.847. The third-order valence-corrected chi connectivity index (χ3v) is 3.49. The van der Waals surface area contributed by atoms with Crippen molar-refractivity contribution in [3.63, 3.8) is 0 Å². The maximum Gasteiger partial charge on any atom is 0.287 e. The van der Waals surface area contributed by atoms with Gasteiger partial charge in [0, 0.05) is 25.0 Å². The number of aromatic nitrogens is 2. The molecule has 3 amide bonds. The number of primary amides is 2. The van der Waals surface area contributed by atoms with Crippen molar-refractivity contribution in [1.82, 2.24) is 14.9 Å². The lowest BCUT2D eigenvalue weighted by Gasteiger charge is -2.16. The molecule has 5 N–H and O–H groups in total. The van der Waals surface area contributed by atoms with Crippen LogP contribution in [0.15, 0.2) is 23.5 Å². The number of carbonyl (C=O) groups excluding carboxylic acids is 3.